The number of hydrogen-bond acceptors (Lipinski definition) is 5. The summed E-state index contributed by atoms with van der Waals surface area (Å²) >= 11 is 0. The van der Waals surface area contributed by atoms with Crippen LogP contribution >= 0.6 is 0 Å². The lowest BCUT2D eigenvalue weighted by Crippen LogP contribution is -2.12. The van der Waals surface area contributed by atoms with E-state index in [1.165, 1.54) is 12.1 Å². The van der Waals surface area contributed by atoms with E-state index in [9.17, 15) is 14.9 Å². The van der Waals surface area contributed by atoms with E-state index in [1.807, 2.05) is 6.07 Å². The van der Waals surface area contributed by atoms with Crippen LogP contribution in [0.1, 0.15) is 30.5 Å². The molecule has 6 nitrogen and oxygen atoms in total. The van der Waals surface area contributed by atoms with E-state index >= 15 is 0 Å². The predicted molar refractivity (Wildman–Crippen MR) is 67.5 cm³/mol. The lowest BCUT2D eigenvalue weighted by molar-refractivity contribution is -0.385. The average Bonchev–Trinajstić information content (AvgIpc) is 2.38. The normalized spacial score (nSPS) is 9.74. The maximum atomic E-state index is 11.5. The Kier molecular flexibility index (Phi) is 5.01. The number of nitro benzene ring substituents is 1. The monoisotopic (exact) mass is 262 g/mol. The topological polar surface area (TPSA) is 93.2 Å². The van der Waals surface area contributed by atoms with Crippen LogP contribution < -0.4 is 0 Å². The van der Waals surface area contributed by atoms with Crippen molar-refractivity contribution >= 4 is 11.7 Å². The van der Waals surface area contributed by atoms with E-state index in [-0.39, 0.29) is 24.3 Å². The van der Waals surface area contributed by atoms with E-state index < -0.39 is 10.9 Å². The number of esters is 1. The number of nitrogens with zero attached hydrogens (tertiary/aromatic N) is 2. The van der Waals surface area contributed by atoms with E-state index in [0.717, 1.165) is 0 Å². The molecule has 0 unspecified atom stereocenters. The van der Waals surface area contributed by atoms with E-state index in [4.69, 9.17) is 10.00 Å². The number of carbonyl (C=O) groups excluding carboxylic acids is 1. The second-order valence-electron chi connectivity index (χ2n) is 3.79. The molecule has 0 aliphatic carbocycles. The number of rotatable bonds is 5. The van der Waals surface area contributed by atoms with Gasteiger partial charge < -0.3 is 4.74 Å². The van der Waals surface area contributed by atoms with Crippen LogP contribution in [0.15, 0.2) is 12.1 Å². The Morgan fingerprint density at radius 3 is 2.58 bits per heavy atom. The molecule has 0 saturated heterocycles. The van der Waals surface area contributed by atoms with Crippen molar-refractivity contribution in [1.82, 2.24) is 0 Å². The SMILES string of the molecule is CCOC(=O)Cc1c(C#N)ccc([N+](=O)[O-])c1CC. The molecule has 1 aromatic carbocycles. The van der Waals surface area contributed by atoms with Gasteiger partial charge in [0.25, 0.3) is 5.69 Å². The maximum absolute atomic E-state index is 11.5. The lowest BCUT2D eigenvalue weighted by atomic mass is 9.95. The molecule has 0 aromatic heterocycles. The smallest absolute Gasteiger partial charge is 0.310 e. The molecule has 0 aliphatic heterocycles. The van der Waals surface area contributed by atoms with E-state index in [0.29, 0.717) is 17.5 Å². The van der Waals surface area contributed by atoms with Gasteiger partial charge in [0.05, 0.1) is 29.6 Å². The minimum atomic E-state index is -0.505. The molecule has 0 amide bonds. The molecule has 6 heteroatoms. The zero-order valence-electron chi connectivity index (χ0n) is 10.8. The highest BCUT2D eigenvalue weighted by molar-refractivity contribution is 5.75. The molecular weight excluding hydrogens is 248 g/mol. The quantitative estimate of drug-likeness (QED) is 0.460. The molecule has 0 fully saturated rings. The van der Waals surface area contributed by atoms with Crippen LogP contribution in [0.5, 0.6) is 0 Å². The maximum Gasteiger partial charge on any atom is 0.310 e. The van der Waals surface area contributed by atoms with Gasteiger partial charge in [0.1, 0.15) is 0 Å². The Balaban J connectivity index is 3.32. The first-order chi connectivity index (χ1) is 9.04. The molecule has 100 valence electrons. The Morgan fingerprint density at radius 2 is 2.11 bits per heavy atom. The number of benzene rings is 1. The minimum absolute atomic E-state index is 0.0687. The van der Waals surface area contributed by atoms with Gasteiger partial charge in [-0.1, -0.05) is 6.92 Å². The summed E-state index contributed by atoms with van der Waals surface area (Å²) in [6, 6.07) is 4.62. The zero-order chi connectivity index (χ0) is 14.4. The van der Waals surface area contributed by atoms with Crippen molar-refractivity contribution < 1.29 is 14.5 Å². The molecule has 1 rings (SSSR count). The zero-order valence-corrected chi connectivity index (χ0v) is 10.8. The third kappa shape index (κ3) is 3.28. The van der Waals surface area contributed by atoms with Crippen molar-refractivity contribution in [3.63, 3.8) is 0 Å². The summed E-state index contributed by atoms with van der Waals surface area (Å²) in [5.74, 6) is -0.491. The molecule has 0 bridgehead atoms. The summed E-state index contributed by atoms with van der Waals surface area (Å²) in [4.78, 5) is 22.0. The van der Waals surface area contributed by atoms with Crippen LogP contribution in [0, 0.1) is 21.4 Å². The van der Waals surface area contributed by atoms with Crippen molar-refractivity contribution in [2.24, 2.45) is 0 Å². The summed E-state index contributed by atoms with van der Waals surface area (Å²) < 4.78 is 4.83. The largest absolute Gasteiger partial charge is 0.466 e. The minimum Gasteiger partial charge on any atom is -0.466 e. The first-order valence-corrected chi connectivity index (χ1v) is 5.89. The van der Waals surface area contributed by atoms with E-state index in [2.05, 4.69) is 0 Å². The Labute approximate surface area is 110 Å². The molecule has 19 heavy (non-hydrogen) atoms. The van der Waals surface area contributed by atoms with Gasteiger partial charge in [-0.25, -0.2) is 0 Å². The molecule has 0 spiro atoms. The lowest BCUT2D eigenvalue weighted by Gasteiger charge is -2.10. The van der Waals surface area contributed by atoms with Gasteiger partial charge in [-0.2, -0.15) is 5.26 Å². The molecule has 0 saturated carbocycles. The van der Waals surface area contributed by atoms with Gasteiger partial charge in [0.2, 0.25) is 0 Å². The summed E-state index contributed by atoms with van der Waals surface area (Å²) in [7, 11) is 0. The first-order valence-electron chi connectivity index (χ1n) is 5.89. The van der Waals surface area contributed by atoms with Crippen LogP contribution in [0.3, 0.4) is 0 Å². The average molecular weight is 262 g/mol. The van der Waals surface area contributed by atoms with Gasteiger partial charge in [0.15, 0.2) is 0 Å². The number of carbonyl (C=O) groups is 1. The second kappa shape index (κ2) is 6.50. The van der Waals surface area contributed by atoms with Gasteiger partial charge in [-0.3, -0.25) is 14.9 Å². The molecule has 0 heterocycles. The Hall–Kier alpha value is -2.42. The third-order valence-electron chi connectivity index (χ3n) is 2.70. The molecule has 0 atom stereocenters. The van der Waals surface area contributed by atoms with Crippen LogP contribution in [-0.4, -0.2) is 17.5 Å². The van der Waals surface area contributed by atoms with Gasteiger partial charge >= 0.3 is 5.97 Å². The summed E-state index contributed by atoms with van der Waals surface area (Å²) in [5.41, 5.74) is 1.01. The molecule has 1 aromatic rings. The fourth-order valence-electron chi connectivity index (χ4n) is 1.91. The van der Waals surface area contributed by atoms with Gasteiger partial charge in [-0.15, -0.1) is 0 Å². The van der Waals surface area contributed by atoms with Crippen LogP contribution in [-0.2, 0) is 22.4 Å². The summed E-state index contributed by atoms with van der Waals surface area (Å²) in [6.07, 6.45) is 0.252. The number of nitro groups is 1. The van der Waals surface area contributed by atoms with Crippen molar-refractivity contribution in [3.05, 3.63) is 38.9 Å². The highest BCUT2D eigenvalue weighted by Gasteiger charge is 2.21. The number of ether oxygens (including phenoxy) is 1. The highest BCUT2D eigenvalue weighted by atomic mass is 16.6. The highest BCUT2D eigenvalue weighted by Crippen LogP contribution is 2.26. The Morgan fingerprint density at radius 1 is 1.42 bits per heavy atom. The molecule has 0 N–H and O–H groups in total. The van der Waals surface area contributed by atoms with Crippen LogP contribution in [0.2, 0.25) is 0 Å². The van der Waals surface area contributed by atoms with Crippen LogP contribution in [0.4, 0.5) is 5.69 Å². The second-order valence-corrected chi connectivity index (χ2v) is 3.79. The molecular formula is C13H14N2O4. The number of hydrogen-bond donors (Lipinski definition) is 0. The van der Waals surface area contributed by atoms with Crippen molar-refractivity contribution in [1.29, 1.82) is 5.26 Å². The van der Waals surface area contributed by atoms with Gasteiger partial charge in [0, 0.05) is 11.6 Å². The van der Waals surface area contributed by atoms with Gasteiger partial charge in [-0.05, 0) is 25.0 Å². The van der Waals surface area contributed by atoms with Crippen molar-refractivity contribution in [3.8, 4) is 6.07 Å². The van der Waals surface area contributed by atoms with Crippen molar-refractivity contribution in [2.75, 3.05) is 6.61 Å². The number of nitriles is 1. The summed E-state index contributed by atoms with van der Waals surface area (Å²) in [5, 5.41) is 20.0. The van der Waals surface area contributed by atoms with E-state index in [1.54, 1.807) is 13.8 Å². The fourth-order valence-corrected chi connectivity index (χ4v) is 1.91. The van der Waals surface area contributed by atoms with Crippen LogP contribution in [0.25, 0.3) is 0 Å². The fraction of sp³-hybridized carbons (Fsp3) is 0.385. The standard InChI is InChI=1S/C13H14N2O4/c1-3-10-11(7-13(16)19-4-2)9(8-14)5-6-12(10)15(17)18/h5-6H,3-4,7H2,1-2H3. The molecule has 0 radical (unpaired) electrons. The predicted octanol–water partition coefficient (Wildman–Crippen LogP) is 2.13. The first kappa shape index (κ1) is 14.6. The van der Waals surface area contributed by atoms with Crippen molar-refractivity contribution in [2.45, 2.75) is 26.7 Å². The Bertz CT molecular complexity index is 546. The third-order valence-corrected chi connectivity index (χ3v) is 2.70. The summed E-state index contributed by atoms with van der Waals surface area (Å²) in [6.45, 7) is 3.66. The molecule has 0 aliphatic rings.